The number of hydrogen-bond acceptors (Lipinski definition) is 2. The number of allylic oxidation sites excluding steroid dienone is 8. The first-order valence-corrected chi connectivity index (χ1v) is 23.4. The van der Waals surface area contributed by atoms with E-state index in [0.29, 0.717) is 24.2 Å². The van der Waals surface area contributed by atoms with E-state index < -0.39 is 62.8 Å². The number of halogens is 4. The number of hydrogen-bond donors (Lipinski definition) is 0. The predicted molar refractivity (Wildman–Crippen MR) is 216 cm³/mol. The summed E-state index contributed by atoms with van der Waals surface area (Å²) in [5, 5.41) is 0. The molecule has 57 heavy (non-hydrogen) atoms. The van der Waals surface area contributed by atoms with Crippen LogP contribution >= 0.6 is 0 Å². The summed E-state index contributed by atoms with van der Waals surface area (Å²) >= 11 is -3.98. The molecule has 4 aromatic rings. The summed E-state index contributed by atoms with van der Waals surface area (Å²) in [5.41, 5.74) is 0.0620. The average molecular weight is 807 g/mol. The molecule has 0 radical (unpaired) electrons. The van der Waals surface area contributed by atoms with Crippen LogP contribution in [0.2, 0.25) is 0 Å². The zero-order valence-corrected chi connectivity index (χ0v) is 33.5. The Kier molecular flexibility index (Phi) is 11.6. The monoisotopic (exact) mass is 806 g/mol. The van der Waals surface area contributed by atoms with Gasteiger partial charge in [0.15, 0.2) is 0 Å². The van der Waals surface area contributed by atoms with Gasteiger partial charge < -0.3 is 0 Å². The SMILES string of the molecule is O=C(c1c(F)cccc1F)N(c1ccc[c]([Ti]([C]2=CC=CC2)([C]2=CC=CC2)[c]2cccc(N(C(=O)c3c(F)cccc3F)C3CCCCC3)c2)c1)C1CCCCC1. The van der Waals surface area contributed by atoms with Gasteiger partial charge >= 0.3 is 337 Å². The van der Waals surface area contributed by atoms with Crippen LogP contribution in [0.5, 0.6) is 0 Å². The molecule has 4 aliphatic rings. The molecule has 0 spiro atoms. The third-order valence-corrected chi connectivity index (χ3v) is 20.1. The molecule has 9 heteroatoms. The topological polar surface area (TPSA) is 40.6 Å². The molecule has 0 saturated heterocycles. The van der Waals surface area contributed by atoms with Crippen molar-refractivity contribution < 1.29 is 43.7 Å². The van der Waals surface area contributed by atoms with E-state index in [4.69, 9.17) is 0 Å². The van der Waals surface area contributed by atoms with Crippen LogP contribution in [0.3, 0.4) is 0 Å². The van der Waals surface area contributed by atoms with Gasteiger partial charge in [-0.1, -0.05) is 0 Å². The van der Waals surface area contributed by atoms with Crippen LogP contribution in [-0.4, -0.2) is 23.9 Å². The predicted octanol–water partition coefficient (Wildman–Crippen LogP) is 11.0. The zero-order chi connectivity index (χ0) is 39.5. The minimum absolute atomic E-state index is 0.237. The molecular weight excluding hydrogens is 760 g/mol. The van der Waals surface area contributed by atoms with Crippen molar-refractivity contribution in [1.82, 2.24) is 0 Å². The first kappa shape index (κ1) is 39.1. The van der Waals surface area contributed by atoms with Crippen LogP contribution in [0.15, 0.2) is 129 Å². The van der Waals surface area contributed by atoms with Crippen molar-refractivity contribution in [3.05, 3.63) is 164 Å². The molecule has 8 rings (SSSR count). The molecule has 0 unspecified atom stereocenters. The van der Waals surface area contributed by atoms with Gasteiger partial charge in [-0.2, -0.15) is 0 Å². The molecule has 0 aromatic heterocycles. The molecule has 0 N–H and O–H groups in total. The molecule has 0 atom stereocenters. The van der Waals surface area contributed by atoms with Crippen LogP contribution in [0.25, 0.3) is 0 Å². The maximum absolute atomic E-state index is 15.3. The van der Waals surface area contributed by atoms with Gasteiger partial charge in [-0.3, -0.25) is 0 Å². The maximum atomic E-state index is 15.3. The van der Waals surface area contributed by atoms with Gasteiger partial charge in [0.1, 0.15) is 0 Å². The van der Waals surface area contributed by atoms with Crippen LogP contribution in [0, 0.1) is 23.3 Å². The Morgan fingerprint density at radius 1 is 0.509 bits per heavy atom. The molecule has 292 valence electrons. The number of rotatable bonds is 10. The van der Waals surface area contributed by atoms with Crippen molar-refractivity contribution in [3.63, 3.8) is 0 Å². The first-order valence-electron chi connectivity index (χ1n) is 20.3. The van der Waals surface area contributed by atoms with Crippen molar-refractivity contribution >= 4 is 30.9 Å². The molecule has 2 amide bonds. The molecule has 0 heterocycles. The molecular formula is C48H46F4N2O2Ti. The molecule has 2 fully saturated rings. The Hall–Kier alpha value is -4.79. The Balaban J connectivity index is 1.31. The number of benzene rings is 4. The van der Waals surface area contributed by atoms with Crippen molar-refractivity contribution in [2.45, 2.75) is 89.1 Å². The number of amides is 2. The van der Waals surface area contributed by atoms with Crippen molar-refractivity contribution in [3.8, 4) is 0 Å². The molecule has 4 aliphatic carbocycles. The van der Waals surface area contributed by atoms with E-state index >= 15 is 17.6 Å². The summed E-state index contributed by atoms with van der Waals surface area (Å²) in [7, 11) is 0. The Morgan fingerprint density at radius 3 is 1.23 bits per heavy atom. The van der Waals surface area contributed by atoms with E-state index in [0.717, 1.165) is 96.2 Å². The molecule has 0 aliphatic heterocycles. The van der Waals surface area contributed by atoms with E-state index in [9.17, 15) is 9.59 Å². The minimum atomic E-state index is -3.98. The number of carbonyl (C=O) groups excluding carboxylic acids is 2. The van der Waals surface area contributed by atoms with Crippen molar-refractivity contribution in [2.75, 3.05) is 9.80 Å². The van der Waals surface area contributed by atoms with Crippen LogP contribution in [0.4, 0.5) is 28.9 Å². The number of carbonyl (C=O) groups is 2. The van der Waals surface area contributed by atoms with Crippen LogP contribution < -0.4 is 17.5 Å². The standard InChI is InChI=1S/2C19H18F2NO.2C5H5.Ti/c2*20-16-12-7-13-17(21)18(16)19(23)22(14-8-3-1-4-9-14)15-10-5-2-6-11-15;2*1-2-4-5-3-1;/h2*1,3,7-9,12-13,15H,2,5-6,10-11H2;2*1-3H,4H2;. The average Bonchev–Trinajstić information content (AvgIpc) is 3.97. The van der Waals surface area contributed by atoms with Gasteiger partial charge in [0, 0.05) is 0 Å². The summed E-state index contributed by atoms with van der Waals surface area (Å²) in [5.74, 6) is -4.95. The zero-order valence-electron chi connectivity index (χ0n) is 31.9. The summed E-state index contributed by atoms with van der Waals surface area (Å²) < 4.78 is 65.8. The van der Waals surface area contributed by atoms with E-state index in [2.05, 4.69) is 60.7 Å². The fraction of sp³-hybridized carbons (Fsp3) is 0.292. The normalized spacial score (nSPS) is 17.4. The summed E-state index contributed by atoms with van der Waals surface area (Å²) in [6.45, 7) is 0. The summed E-state index contributed by atoms with van der Waals surface area (Å²) in [6.07, 6.45) is 22.8. The second-order valence-electron chi connectivity index (χ2n) is 15.6. The number of nitrogens with zero attached hydrogens (tertiary/aromatic N) is 2. The second-order valence-corrected chi connectivity index (χ2v) is 21.8. The summed E-state index contributed by atoms with van der Waals surface area (Å²) in [4.78, 5) is 32.2. The number of anilines is 2. The fourth-order valence-corrected chi connectivity index (χ4v) is 17.8. The second kappa shape index (κ2) is 17.0. The first-order chi connectivity index (χ1) is 27.8. The fourth-order valence-electron chi connectivity index (χ4n) is 9.65. The summed E-state index contributed by atoms with van der Waals surface area (Å²) in [6, 6.07) is 22.5. The third kappa shape index (κ3) is 7.43. The van der Waals surface area contributed by atoms with E-state index in [1.807, 2.05) is 24.3 Å². The van der Waals surface area contributed by atoms with Gasteiger partial charge in [0.05, 0.1) is 0 Å². The van der Waals surface area contributed by atoms with Gasteiger partial charge in [-0.15, -0.1) is 0 Å². The quantitative estimate of drug-likeness (QED) is 0.118. The third-order valence-electron chi connectivity index (χ3n) is 12.3. The van der Waals surface area contributed by atoms with E-state index in [-0.39, 0.29) is 12.1 Å². The Morgan fingerprint density at radius 2 is 0.877 bits per heavy atom. The van der Waals surface area contributed by atoms with Gasteiger partial charge in [0.2, 0.25) is 0 Å². The van der Waals surface area contributed by atoms with Gasteiger partial charge in [-0.25, -0.2) is 0 Å². The van der Waals surface area contributed by atoms with E-state index in [1.165, 1.54) is 19.9 Å². The molecule has 4 nitrogen and oxygen atoms in total. The van der Waals surface area contributed by atoms with Gasteiger partial charge in [0.25, 0.3) is 0 Å². The molecule has 0 bridgehead atoms. The van der Waals surface area contributed by atoms with Gasteiger partial charge in [-0.05, 0) is 0 Å². The van der Waals surface area contributed by atoms with Crippen LogP contribution in [0.1, 0.15) is 97.8 Å². The Labute approximate surface area is 335 Å². The van der Waals surface area contributed by atoms with Crippen LogP contribution in [-0.2, 0) is 16.6 Å². The van der Waals surface area contributed by atoms with E-state index in [1.54, 1.807) is 9.80 Å². The Bertz CT molecular complexity index is 2100. The van der Waals surface area contributed by atoms with Crippen molar-refractivity contribution in [1.29, 1.82) is 0 Å². The molecule has 2 saturated carbocycles. The van der Waals surface area contributed by atoms with Crippen molar-refractivity contribution in [2.24, 2.45) is 0 Å². The molecule has 4 aromatic carbocycles.